The van der Waals surface area contributed by atoms with Gasteiger partial charge in [-0.2, -0.15) is 0 Å². The van der Waals surface area contributed by atoms with Crippen molar-refractivity contribution in [1.82, 2.24) is 5.32 Å². The van der Waals surface area contributed by atoms with Gasteiger partial charge >= 0.3 is 0 Å². The van der Waals surface area contributed by atoms with Crippen LogP contribution in [0.2, 0.25) is 0 Å². The van der Waals surface area contributed by atoms with Gasteiger partial charge in [-0.1, -0.05) is 49.1 Å². The minimum absolute atomic E-state index is 0.913. The number of aryl methyl sites for hydroxylation is 1. The zero-order chi connectivity index (χ0) is 17.6. The molecule has 122 valence electrons. The molecule has 0 unspecified atom stereocenters. The van der Waals surface area contributed by atoms with E-state index in [-0.39, 0.29) is 0 Å². The van der Waals surface area contributed by atoms with Crippen LogP contribution in [0.15, 0.2) is 66.4 Å². The summed E-state index contributed by atoms with van der Waals surface area (Å²) in [5.41, 5.74) is 9.18. The Balaban J connectivity index is 3.08. The highest BCUT2D eigenvalue weighted by Crippen LogP contribution is 2.24. The van der Waals surface area contributed by atoms with Crippen LogP contribution in [0.1, 0.15) is 51.3 Å². The maximum absolute atomic E-state index is 4.17. The van der Waals surface area contributed by atoms with E-state index in [1.54, 1.807) is 0 Å². The second-order valence-corrected chi connectivity index (χ2v) is 6.11. The van der Waals surface area contributed by atoms with Crippen molar-refractivity contribution in [3.63, 3.8) is 0 Å². The van der Waals surface area contributed by atoms with E-state index in [1.807, 2.05) is 26.8 Å². The molecule has 0 aliphatic carbocycles. The van der Waals surface area contributed by atoms with Gasteiger partial charge in [0.2, 0.25) is 0 Å². The van der Waals surface area contributed by atoms with E-state index in [0.29, 0.717) is 0 Å². The molecule has 0 amide bonds. The molecule has 0 bridgehead atoms. The molecule has 0 aliphatic rings. The Bertz CT molecular complexity index is 697. The van der Waals surface area contributed by atoms with Gasteiger partial charge in [-0.3, -0.25) is 0 Å². The lowest BCUT2D eigenvalue weighted by Gasteiger charge is -2.15. The van der Waals surface area contributed by atoms with E-state index in [2.05, 4.69) is 69.6 Å². The zero-order valence-corrected chi connectivity index (χ0v) is 15.4. The van der Waals surface area contributed by atoms with Gasteiger partial charge in [0, 0.05) is 17.0 Å². The number of hydrogen-bond acceptors (Lipinski definition) is 1. The predicted octanol–water partition coefficient (Wildman–Crippen LogP) is 6.40. The summed E-state index contributed by atoms with van der Waals surface area (Å²) >= 11 is 0. The minimum atomic E-state index is 0.913. The van der Waals surface area contributed by atoms with Crippen LogP contribution in [0.5, 0.6) is 0 Å². The molecule has 0 aliphatic heterocycles. The molecule has 0 heterocycles. The van der Waals surface area contributed by atoms with Crippen LogP contribution >= 0.6 is 0 Å². The predicted molar refractivity (Wildman–Crippen MR) is 105 cm³/mol. The highest BCUT2D eigenvalue weighted by Gasteiger charge is 2.06. The van der Waals surface area contributed by atoms with Crippen molar-refractivity contribution < 1.29 is 0 Å². The second kappa shape index (κ2) is 8.38. The van der Waals surface area contributed by atoms with Gasteiger partial charge in [0.1, 0.15) is 0 Å². The first-order valence-electron chi connectivity index (χ1n) is 7.97. The molecule has 0 spiro atoms. The number of nitrogens with one attached hydrogen (secondary N) is 1. The van der Waals surface area contributed by atoms with E-state index in [1.165, 1.54) is 22.3 Å². The molecule has 23 heavy (non-hydrogen) atoms. The molecular weight excluding hydrogens is 278 g/mol. The van der Waals surface area contributed by atoms with Crippen LogP contribution in [0.4, 0.5) is 0 Å². The lowest BCUT2D eigenvalue weighted by molar-refractivity contribution is 1.07. The van der Waals surface area contributed by atoms with Gasteiger partial charge in [0.25, 0.3) is 0 Å². The average Bonchev–Trinajstić information content (AvgIpc) is 2.45. The van der Waals surface area contributed by atoms with E-state index < -0.39 is 0 Å². The monoisotopic (exact) mass is 307 g/mol. The molecule has 0 radical (unpaired) electrons. The normalized spacial score (nSPS) is 13.0. The SMILES string of the molecule is C=C(C)/C=C(\C)NC(=C)c1ccc(/C(C)=C(C)/C=C\C)cc1C. The fourth-order valence-electron chi connectivity index (χ4n) is 2.55. The maximum Gasteiger partial charge on any atom is 0.0385 e. The molecule has 1 heteroatoms. The fraction of sp³-hybridized carbons (Fsp3) is 0.273. The van der Waals surface area contributed by atoms with Crippen molar-refractivity contribution in [1.29, 1.82) is 0 Å². The van der Waals surface area contributed by atoms with Crippen LogP contribution < -0.4 is 5.32 Å². The van der Waals surface area contributed by atoms with E-state index in [9.17, 15) is 0 Å². The molecule has 0 saturated carbocycles. The summed E-state index contributed by atoms with van der Waals surface area (Å²) < 4.78 is 0. The third kappa shape index (κ3) is 5.45. The molecule has 1 N–H and O–H groups in total. The lowest BCUT2D eigenvalue weighted by atomic mass is 9.96. The molecule has 1 nitrogen and oxygen atoms in total. The van der Waals surface area contributed by atoms with Crippen molar-refractivity contribution in [3.8, 4) is 0 Å². The van der Waals surface area contributed by atoms with Gasteiger partial charge < -0.3 is 5.32 Å². The first-order chi connectivity index (χ1) is 10.8. The lowest BCUT2D eigenvalue weighted by Crippen LogP contribution is -2.09. The maximum atomic E-state index is 4.17. The molecule has 0 saturated heterocycles. The van der Waals surface area contributed by atoms with Crippen LogP contribution in [0, 0.1) is 6.92 Å². The molecule has 1 aromatic rings. The largest absolute Gasteiger partial charge is 0.359 e. The topological polar surface area (TPSA) is 12.0 Å². The fourth-order valence-corrected chi connectivity index (χ4v) is 2.55. The standard InChI is InChI=1S/C22H29N/c1-9-10-16(4)19(7)21-11-12-22(17(5)14-21)20(8)23-18(6)13-15(2)3/h9-14,23H,2,8H2,1,3-7H3/b10-9-,18-13+,19-16+. The Kier molecular flexibility index (Phi) is 6.84. The molecular formula is C22H29N. The van der Waals surface area contributed by atoms with Crippen molar-refractivity contribution >= 4 is 11.3 Å². The summed E-state index contributed by atoms with van der Waals surface area (Å²) in [6, 6.07) is 6.53. The van der Waals surface area contributed by atoms with Crippen LogP contribution in [-0.4, -0.2) is 0 Å². The quantitative estimate of drug-likeness (QED) is 0.599. The van der Waals surface area contributed by atoms with Crippen molar-refractivity contribution in [3.05, 3.63) is 83.1 Å². The third-order valence-corrected chi connectivity index (χ3v) is 3.80. The van der Waals surface area contributed by atoms with Gasteiger partial charge in [-0.15, -0.1) is 0 Å². The summed E-state index contributed by atoms with van der Waals surface area (Å²) in [7, 11) is 0. The summed E-state index contributed by atoms with van der Waals surface area (Å²) in [5.74, 6) is 0. The Hall–Kier alpha value is -2.28. The first kappa shape index (κ1) is 18.8. The number of rotatable bonds is 6. The summed E-state index contributed by atoms with van der Waals surface area (Å²) in [6.45, 7) is 20.5. The second-order valence-electron chi connectivity index (χ2n) is 6.11. The summed E-state index contributed by atoms with van der Waals surface area (Å²) in [6.07, 6.45) is 6.23. The number of benzene rings is 1. The Morgan fingerprint density at radius 3 is 2.26 bits per heavy atom. The smallest absolute Gasteiger partial charge is 0.0385 e. The van der Waals surface area contributed by atoms with Crippen LogP contribution in [0.25, 0.3) is 11.3 Å². The van der Waals surface area contributed by atoms with Gasteiger partial charge in [-0.25, -0.2) is 0 Å². The third-order valence-electron chi connectivity index (χ3n) is 3.80. The van der Waals surface area contributed by atoms with Crippen LogP contribution in [0.3, 0.4) is 0 Å². The molecule has 0 aromatic heterocycles. The first-order valence-corrected chi connectivity index (χ1v) is 7.97. The number of allylic oxidation sites excluding steroid dienone is 7. The minimum Gasteiger partial charge on any atom is -0.359 e. The van der Waals surface area contributed by atoms with Crippen molar-refractivity contribution in [2.24, 2.45) is 0 Å². The summed E-state index contributed by atoms with van der Waals surface area (Å²) in [4.78, 5) is 0. The van der Waals surface area contributed by atoms with E-state index >= 15 is 0 Å². The highest BCUT2D eigenvalue weighted by atomic mass is 14.9. The average molecular weight is 307 g/mol. The van der Waals surface area contributed by atoms with Gasteiger partial charge in [-0.05, 0) is 69.9 Å². The Morgan fingerprint density at radius 2 is 1.74 bits per heavy atom. The van der Waals surface area contributed by atoms with Crippen molar-refractivity contribution in [2.75, 3.05) is 0 Å². The molecule has 0 fully saturated rings. The zero-order valence-electron chi connectivity index (χ0n) is 15.4. The molecule has 1 rings (SSSR count). The van der Waals surface area contributed by atoms with Crippen molar-refractivity contribution in [2.45, 2.75) is 41.5 Å². The van der Waals surface area contributed by atoms with Gasteiger partial charge in [0.05, 0.1) is 0 Å². The van der Waals surface area contributed by atoms with E-state index in [4.69, 9.17) is 0 Å². The highest BCUT2D eigenvalue weighted by molar-refractivity contribution is 5.73. The van der Waals surface area contributed by atoms with Crippen LogP contribution in [-0.2, 0) is 0 Å². The Morgan fingerprint density at radius 1 is 1.09 bits per heavy atom. The molecule has 1 aromatic carbocycles. The number of hydrogen-bond donors (Lipinski definition) is 1. The molecule has 0 atom stereocenters. The van der Waals surface area contributed by atoms with E-state index in [0.717, 1.165) is 22.5 Å². The van der Waals surface area contributed by atoms with Gasteiger partial charge in [0.15, 0.2) is 0 Å². The Labute approximate surface area is 141 Å². The summed E-state index contributed by atoms with van der Waals surface area (Å²) in [5, 5.41) is 3.34.